The van der Waals surface area contributed by atoms with E-state index in [1.54, 1.807) is 12.1 Å². The summed E-state index contributed by atoms with van der Waals surface area (Å²) < 4.78 is 18.1. The van der Waals surface area contributed by atoms with Crippen molar-refractivity contribution in [2.24, 2.45) is 0 Å². The number of aromatic nitrogens is 3. The molecule has 0 bridgehead atoms. The quantitative estimate of drug-likeness (QED) is 0.868. The summed E-state index contributed by atoms with van der Waals surface area (Å²) >= 11 is 5.90. The van der Waals surface area contributed by atoms with E-state index in [9.17, 15) is 9.18 Å². The zero-order valence-corrected chi connectivity index (χ0v) is 9.63. The molecule has 0 fully saturated rings. The smallest absolute Gasteiger partial charge is 0.449 e. The monoisotopic (exact) mass is 271 g/mol. The van der Waals surface area contributed by atoms with Gasteiger partial charge in [-0.25, -0.2) is 14.2 Å². The van der Waals surface area contributed by atoms with Crippen molar-refractivity contribution >= 4 is 17.8 Å². The summed E-state index contributed by atoms with van der Waals surface area (Å²) in [6, 6.07) is 4.31. The lowest BCUT2D eigenvalue weighted by molar-refractivity contribution is 0.141. The van der Waals surface area contributed by atoms with Crippen LogP contribution < -0.4 is 4.74 Å². The van der Waals surface area contributed by atoms with Gasteiger partial charge < -0.3 is 9.84 Å². The largest absolute Gasteiger partial charge is 0.512 e. The summed E-state index contributed by atoms with van der Waals surface area (Å²) in [6.07, 6.45) is -0.0867. The highest BCUT2D eigenvalue weighted by molar-refractivity contribution is 6.32. The van der Waals surface area contributed by atoms with Crippen molar-refractivity contribution in [3.05, 3.63) is 35.1 Å². The Kier molecular flexibility index (Phi) is 3.42. The van der Waals surface area contributed by atoms with E-state index in [1.165, 1.54) is 12.3 Å². The molecule has 6 nitrogen and oxygen atoms in total. The zero-order valence-electron chi connectivity index (χ0n) is 8.88. The first kappa shape index (κ1) is 12.3. The minimum atomic E-state index is -1.53. The predicted octanol–water partition coefficient (Wildman–Crippen LogP) is 2.45. The molecule has 0 aliphatic rings. The van der Waals surface area contributed by atoms with E-state index >= 15 is 0 Å². The number of hydrogen-bond donors (Lipinski definition) is 1. The summed E-state index contributed by atoms with van der Waals surface area (Å²) in [4.78, 5) is 14.5. The molecule has 18 heavy (non-hydrogen) atoms. The molecule has 0 saturated heterocycles. The number of rotatable bonds is 3. The molecule has 1 N–H and O–H groups in total. The molecule has 8 heteroatoms. The number of hydrogen-bond acceptors (Lipinski definition) is 4. The molecular weight excluding hydrogens is 265 g/mol. The molecule has 0 aliphatic carbocycles. The molecule has 2 heterocycles. The number of halogens is 2. The molecule has 0 radical (unpaired) electrons. The van der Waals surface area contributed by atoms with Gasteiger partial charge in [-0.1, -0.05) is 11.6 Å². The van der Waals surface area contributed by atoms with Gasteiger partial charge in [-0.3, -0.25) is 0 Å². The van der Waals surface area contributed by atoms with Gasteiger partial charge in [0, 0.05) is 12.3 Å². The third-order valence-corrected chi connectivity index (χ3v) is 2.29. The molecule has 0 amide bonds. The van der Waals surface area contributed by atoms with Crippen LogP contribution in [0.3, 0.4) is 0 Å². The molecular formula is C10H7ClFN3O3. The van der Waals surface area contributed by atoms with Crippen LogP contribution in [0.15, 0.2) is 24.4 Å². The van der Waals surface area contributed by atoms with Gasteiger partial charge in [0.2, 0.25) is 5.88 Å². The third-order valence-electron chi connectivity index (χ3n) is 2.00. The lowest BCUT2D eigenvalue weighted by Crippen LogP contribution is -2.09. The molecule has 0 atom stereocenters. The summed E-state index contributed by atoms with van der Waals surface area (Å²) in [7, 11) is 0. The Morgan fingerprint density at radius 3 is 3.00 bits per heavy atom. The average Bonchev–Trinajstić information content (AvgIpc) is 2.72. The maximum atomic E-state index is 12.5. The van der Waals surface area contributed by atoms with Crippen LogP contribution in [-0.2, 0) is 6.67 Å². The summed E-state index contributed by atoms with van der Waals surface area (Å²) in [5.74, 6) is -0.00846. The van der Waals surface area contributed by atoms with E-state index in [2.05, 4.69) is 14.8 Å². The number of alkyl halides is 1. The second-order valence-corrected chi connectivity index (χ2v) is 3.60. The maximum Gasteiger partial charge on any atom is 0.512 e. The van der Waals surface area contributed by atoms with Crippen LogP contribution in [0.25, 0.3) is 5.82 Å². The molecule has 0 saturated carbocycles. The lowest BCUT2D eigenvalue weighted by atomic mass is 10.4. The Morgan fingerprint density at radius 1 is 1.61 bits per heavy atom. The second-order valence-electron chi connectivity index (χ2n) is 3.20. The number of pyridine rings is 1. The molecule has 94 valence electrons. The van der Waals surface area contributed by atoms with Gasteiger partial charge in [-0.2, -0.15) is 9.78 Å². The van der Waals surface area contributed by atoms with Crippen molar-refractivity contribution in [3.63, 3.8) is 0 Å². The Morgan fingerprint density at radius 2 is 2.39 bits per heavy atom. The Bertz CT molecular complexity index is 587. The van der Waals surface area contributed by atoms with E-state index in [0.717, 1.165) is 4.68 Å². The van der Waals surface area contributed by atoms with Gasteiger partial charge in [-0.15, -0.1) is 0 Å². The number of nitrogens with zero attached hydrogens (tertiary/aromatic N) is 3. The molecule has 2 aromatic heterocycles. The first-order valence-corrected chi connectivity index (χ1v) is 5.16. The fraction of sp³-hybridized carbons (Fsp3) is 0.100. The number of ether oxygens (including phenoxy) is 1. The first-order valence-electron chi connectivity index (χ1n) is 4.78. The highest BCUT2D eigenvalue weighted by Gasteiger charge is 2.16. The maximum absolute atomic E-state index is 12.5. The minimum Gasteiger partial charge on any atom is -0.449 e. The highest BCUT2D eigenvalue weighted by atomic mass is 35.5. The molecule has 2 aromatic rings. The molecule has 0 spiro atoms. The zero-order chi connectivity index (χ0) is 13.1. The Hall–Kier alpha value is -2.15. The van der Waals surface area contributed by atoms with Crippen LogP contribution in [0.1, 0.15) is 5.69 Å². The van der Waals surface area contributed by atoms with Gasteiger partial charge in [-0.05, 0) is 12.1 Å². The average molecular weight is 272 g/mol. The fourth-order valence-corrected chi connectivity index (χ4v) is 1.52. The van der Waals surface area contributed by atoms with E-state index in [0.29, 0.717) is 0 Å². The predicted molar refractivity (Wildman–Crippen MR) is 59.8 cm³/mol. The minimum absolute atomic E-state index is 0.0213. The molecule has 0 aliphatic heterocycles. The van der Waals surface area contributed by atoms with Crippen LogP contribution in [0, 0.1) is 0 Å². The summed E-state index contributed by atoms with van der Waals surface area (Å²) in [6.45, 7) is -0.854. The number of carbonyl (C=O) groups is 1. The van der Waals surface area contributed by atoms with Crippen molar-refractivity contribution in [3.8, 4) is 11.7 Å². The topological polar surface area (TPSA) is 77.2 Å². The van der Waals surface area contributed by atoms with Crippen molar-refractivity contribution in [2.45, 2.75) is 6.67 Å². The third kappa shape index (κ3) is 2.40. The van der Waals surface area contributed by atoms with Crippen molar-refractivity contribution in [1.29, 1.82) is 0 Å². The van der Waals surface area contributed by atoms with Crippen LogP contribution >= 0.6 is 11.6 Å². The van der Waals surface area contributed by atoms with Crippen LogP contribution in [-0.4, -0.2) is 26.0 Å². The second kappa shape index (κ2) is 5.01. The van der Waals surface area contributed by atoms with Crippen LogP contribution in [0.5, 0.6) is 5.88 Å². The van der Waals surface area contributed by atoms with E-state index in [-0.39, 0.29) is 22.4 Å². The Balaban J connectivity index is 2.52. The van der Waals surface area contributed by atoms with Gasteiger partial charge in [0.15, 0.2) is 5.82 Å². The van der Waals surface area contributed by atoms with Crippen molar-refractivity contribution < 1.29 is 19.0 Å². The standard InChI is InChI=1S/C10H7ClFN3O3/c11-7-2-1-3-13-9(7)15-8(18-10(16)17)4-6(5-12)14-15/h1-4H,5H2,(H,16,17). The van der Waals surface area contributed by atoms with Crippen LogP contribution in [0.2, 0.25) is 5.02 Å². The van der Waals surface area contributed by atoms with Gasteiger partial charge in [0.1, 0.15) is 6.67 Å². The van der Waals surface area contributed by atoms with E-state index in [1.807, 2.05) is 0 Å². The molecule has 2 rings (SSSR count). The van der Waals surface area contributed by atoms with Gasteiger partial charge in [0.05, 0.1) is 10.7 Å². The SMILES string of the molecule is O=C(O)Oc1cc(CF)nn1-c1ncccc1Cl. The number of carboxylic acid groups (broad SMARTS) is 1. The first-order chi connectivity index (χ1) is 8.61. The van der Waals surface area contributed by atoms with E-state index < -0.39 is 12.8 Å². The molecule has 0 unspecified atom stereocenters. The normalized spacial score (nSPS) is 10.3. The van der Waals surface area contributed by atoms with E-state index in [4.69, 9.17) is 16.7 Å². The van der Waals surface area contributed by atoms with Gasteiger partial charge >= 0.3 is 6.16 Å². The fourth-order valence-electron chi connectivity index (χ4n) is 1.32. The highest BCUT2D eigenvalue weighted by Crippen LogP contribution is 2.24. The van der Waals surface area contributed by atoms with Crippen molar-refractivity contribution in [2.75, 3.05) is 0 Å². The summed E-state index contributed by atoms with van der Waals surface area (Å²) in [5.41, 5.74) is 0.0213. The van der Waals surface area contributed by atoms with Crippen LogP contribution in [0.4, 0.5) is 9.18 Å². The molecule has 0 aromatic carbocycles. The van der Waals surface area contributed by atoms with Gasteiger partial charge in [0.25, 0.3) is 0 Å². The lowest BCUT2D eigenvalue weighted by Gasteiger charge is -2.05. The summed E-state index contributed by atoms with van der Waals surface area (Å²) in [5, 5.41) is 12.6. The van der Waals surface area contributed by atoms with Crippen molar-refractivity contribution in [1.82, 2.24) is 14.8 Å². The Labute approximate surface area is 106 Å².